The highest BCUT2D eigenvalue weighted by Gasteiger charge is 2.61. The second-order valence-electron chi connectivity index (χ2n) is 11.3. The Morgan fingerprint density at radius 2 is 1.34 bits per heavy atom. The Balaban J connectivity index is 1.79. The molecule has 16 heteroatoms. The molecule has 0 fully saturated rings. The number of fused-ring (bicyclic) bond motifs is 3. The fourth-order valence-electron chi connectivity index (χ4n) is 5.86. The van der Waals surface area contributed by atoms with E-state index in [0.29, 0.717) is 32.9 Å². The predicted octanol–water partition coefficient (Wildman–Crippen LogP) is 5.53. The summed E-state index contributed by atoms with van der Waals surface area (Å²) in [6.07, 6.45) is 2.88. The summed E-state index contributed by atoms with van der Waals surface area (Å²) in [5, 5.41) is 11.1. The van der Waals surface area contributed by atoms with Crippen LogP contribution in [0, 0.1) is 17.0 Å². The third-order valence-electron chi connectivity index (χ3n) is 8.10. The molecule has 1 amide bonds. The number of rotatable bonds is 7. The van der Waals surface area contributed by atoms with Crippen LogP contribution in [0.3, 0.4) is 0 Å². The molecule has 0 atom stereocenters. The van der Waals surface area contributed by atoms with E-state index in [0.717, 1.165) is 63.7 Å². The summed E-state index contributed by atoms with van der Waals surface area (Å²) in [4.78, 5) is 80.2. The van der Waals surface area contributed by atoms with Crippen molar-refractivity contribution in [1.82, 2.24) is 0 Å². The summed E-state index contributed by atoms with van der Waals surface area (Å²) >= 11 is 2.62. The molecule has 5 rings (SSSR count). The Morgan fingerprint density at radius 3 is 1.86 bits per heavy atom. The van der Waals surface area contributed by atoms with Crippen LogP contribution < -0.4 is 4.90 Å². The zero-order chi connectivity index (χ0) is 36.7. The zero-order valence-electron chi connectivity index (χ0n) is 27.8. The summed E-state index contributed by atoms with van der Waals surface area (Å²) in [5.74, 6) is -3.97. The second-order valence-corrected chi connectivity index (χ2v) is 15.1. The fraction of sp³-hybridized carbons (Fsp3) is 0.265. The van der Waals surface area contributed by atoms with E-state index in [9.17, 15) is 34.1 Å². The summed E-state index contributed by atoms with van der Waals surface area (Å²) in [6.45, 7) is 5.36. The molecule has 13 nitrogen and oxygen atoms in total. The lowest BCUT2D eigenvalue weighted by Crippen LogP contribution is -2.53. The maximum Gasteiger partial charge on any atom is 0.345 e. The van der Waals surface area contributed by atoms with Crippen molar-refractivity contribution in [3.63, 3.8) is 0 Å². The van der Waals surface area contributed by atoms with E-state index in [1.807, 2.05) is 13.0 Å². The summed E-state index contributed by atoms with van der Waals surface area (Å²) in [5.41, 5.74) is 1.15. The first-order valence-electron chi connectivity index (χ1n) is 14.7. The van der Waals surface area contributed by atoms with E-state index >= 15 is 0 Å². The molecule has 3 aliphatic heterocycles. The molecule has 0 saturated heterocycles. The summed E-state index contributed by atoms with van der Waals surface area (Å²) < 4.78 is 18.7. The molecule has 0 radical (unpaired) electrons. The number of non-ortho nitro benzene ring substituents is 1. The molecule has 50 heavy (non-hydrogen) atoms. The zero-order valence-corrected chi connectivity index (χ0v) is 30.3. The Hall–Kier alpha value is -4.80. The van der Waals surface area contributed by atoms with Crippen LogP contribution in [-0.4, -0.2) is 72.8 Å². The Labute approximate surface area is 299 Å². The van der Waals surface area contributed by atoms with E-state index in [2.05, 4.69) is 0 Å². The van der Waals surface area contributed by atoms with E-state index in [4.69, 9.17) is 18.9 Å². The van der Waals surface area contributed by atoms with Crippen LogP contribution in [0.4, 0.5) is 11.4 Å². The third-order valence-corrected chi connectivity index (χ3v) is 12.8. The van der Waals surface area contributed by atoms with Gasteiger partial charge < -0.3 is 18.9 Å². The maximum absolute atomic E-state index is 14.3. The first-order valence-corrected chi connectivity index (χ1v) is 17.1. The molecule has 1 spiro atoms. The average molecular weight is 739 g/mol. The number of nitro groups is 1. The molecule has 2 aromatic carbocycles. The van der Waals surface area contributed by atoms with Gasteiger partial charge >= 0.3 is 23.9 Å². The van der Waals surface area contributed by atoms with Crippen LogP contribution >= 0.6 is 35.3 Å². The molecular weight excluding hydrogens is 709 g/mol. The molecular formula is C34H30N2O11S3. The van der Waals surface area contributed by atoms with Gasteiger partial charge in [0.15, 0.2) is 0 Å². The minimum atomic E-state index is -1.70. The average Bonchev–Trinajstić information content (AvgIpc) is 3.49. The van der Waals surface area contributed by atoms with Crippen molar-refractivity contribution in [2.24, 2.45) is 0 Å². The number of hydrogen-bond donors (Lipinski definition) is 0. The molecule has 0 N–H and O–H groups in total. The maximum atomic E-state index is 14.3. The Bertz CT molecular complexity index is 1970. The SMILES string of the molecule is COC(=O)C1=C(C(=O)OC)SC2(S1)C(C(=O)OC)=C(C(=O)OC)SC1=C2c2cccc(C)c2N(C(=O)/C=C/c2ccc([N+](=O)[O-])cc2)C1(C)C. The topological polar surface area (TPSA) is 169 Å². The number of hydrogen-bond acceptors (Lipinski definition) is 14. The number of benzene rings is 2. The molecule has 0 aromatic heterocycles. The van der Waals surface area contributed by atoms with Gasteiger partial charge in [-0.25, -0.2) is 19.2 Å². The molecule has 3 heterocycles. The van der Waals surface area contributed by atoms with E-state index in [1.165, 1.54) is 36.4 Å². The quantitative estimate of drug-likeness (QED) is 0.114. The molecule has 0 aliphatic carbocycles. The Morgan fingerprint density at radius 1 is 0.800 bits per heavy atom. The van der Waals surface area contributed by atoms with Crippen molar-refractivity contribution in [1.29, 1.82) is 0 Å². The monoisotopic (exact) mass is 738 g/mol. The lowest BCUT2D eigenvalue weighted by Gasteiger charge is -2.51. The van der Waals surface area contributed by atoms with Gasteiger partial charge in [-0.3, -0.25) is 19.8 Å². The minimum absolute atomic E-state index is 0.0958. The molecule has 0 unspecified atom stereocenters. The van der Waals surface area contributed by atoms with Crippen LogP contribution in [0.15, 0.2) is 73.7 Å². The van der Waals surface area contributed by atoms with Crippen molar-refractivity contribution in [3.05, 3.63) is 101 Å². The molecule has 3 aliphatic rings. The van der Waals surface area contributed by atoms with Crippen molar-refractivity contribution < 1.29 is 47.8 Å². The number of esters is 4. The number of methoxy groups -OCH3 is 4. The van der Waals surface area contributed by atoms with E-state index < -0.39 is 44.3 Å². The standard InChI is InChI=1S/C34H30N2O11S3/c1-17-9-8-10-20-22-28(33(2,3)35(24(17)20)21(37)16-13-18-11-14-19(15-12-18)36(42)43)48-25(30(39)45-5)23(29(38)44-4)34(22)49-26(31(40)46-6)27(50-34)32(41)47-7/h8-16H,1-7H3/b16-13+. The number of carbonyl (C=O) groups is 5. The van der Waals surface area contributed by atoms with Crippen molar-refractivity contribution in [2.75, 3.05) is 33.3 Å². The number of aryl methyl sites for hydroxylation is 1. The lowest BCUT2D eigenvalue weighted by molar-refractivity contribution is -0.384. The first kappa shape index (κ1) is 36.5. The highest BCUT2D eigenvalue weighted by molar-refractivity contribution is 8.26. The molecule has 260 valence electrons. The van der Waals surface area contributed by atoms with Crippen LogP contribution in [0.25, 0.3) is 11.6 Å². The molecule has 0 bridgehead atoms. The molecule has 2 aromatic rings. The van der Waals surface area contributed by atoms with Crippen LogP contribution in [0.1, 0.15) is 30.5 Å². The Kier molecular flexibility index (Phi) is 10.1. The largest absolute Gasteiger partial charge is 0.466 e. The van der Waals surface area contributed by atoms with Gasteiger partial charge in [0.2, 0.25) is 0 Å². The van der Waals surface area contributed by atoms with Gasteiger partial charge in [0.25, 0.3) is 11.6 Å². The normalized spacial score (nSPS) is 17.4. The fourth-order valence-corrected chi connectivity index (χ4v) is 10.9. The lowest BCUT2D eigenvalue weighted by atomic mass is 9.82. The molecule has 0 saturated carbocycles. The number of nitro benzene ring substituents is 1. The number of thioether (sulfide) groups is 3. The van der Waals surface area contributed by atoms with E-state index in [1.54, 1.807) is 30.9 Å². The van der Waals surface area contributed by atoms with Crippen molar-refractivity contribution in [3.8, 4) is 0 Å². The first-order chi connectivity index (χ1) is 23.7. The van der Waals surface area contributed by atoms with Gasteiger partial charge in [0.1, 0.15) is 18.8 Å². The smallest absolute Gasteiger partial charge is 0.345 e. The third kappa shape index (κ3) is 5.90. The summed E-state index contributed by atoms with van der Waals surface area (Å²) in [7, 11) is 4.59. The van der Waals surface area contributed by atoms with Gasteiger partial charge in [-0.15, -0.1) is 0 Å². The number of ether oxygens (including phenoxy) is 4. The van der Waals surface area contributed by atoms with Gasteiger partial charge in [-0.05, 0) is 50.1 Å². The van der Waals surface area contributed by atoms with Gasteiger partial charge in [-0.2, -0.15) is 0 Å². The van der Waals surface area contributed by atoms with Gasteiger partial charge in [0.05, 0.1) is 50.2 Å². The number of anilines is 1. The number of nitrogens with zero attached hydrogens (tertiary/aromatic N) is 2. The van der Waals surface area contributed by atoms with Crippen LogP contribution in [0.5, 0.6) is 0 Å². The minimum Gasteiger partial charge on any atom is -0.466 e. The highest BCUT2D eigenvalue weighted by Crippen LogP contribution is 2.71. The highest BCUT2D eigenvalue weighted by atomic mass is 32.2. The van der Waals surface area contributed by atoms with Gasteiger partial charge in [-0.1, -0.05) is 53.5 Å². The van der Waals surface area contributed by atoms with Crippen molar-refractivity contribution >= 4 is 88.1 Å². The number of carbonyl (C=O) groups excluding carboxylic acids is 5. The predicted molar refractivity (Wildman–Crippen MR) is 189 cm³/mol. The number of para-hydroxylation sites is 1. The van der Waals surface area contributed by atoms with Crippen LogP contribution in [0.2, 0.25) is 0 Å². The summed E-state index contributed by atoms with van der Waals surface area (Å²) in [6, 6.07) is 11.0. The van der Waals surface area contributed by atoms with Gasteiger partial charge in [0, 0.05) is 34.3 Å². The van der Waals surface area contributed by atoms with Crippen molar-refractivity contribution in [2.45, 2.75) is 30.4 Å². The number of amides is 1. The van der Waals surface area contributed by atoms with E-state index in [-0.39, 0.29) is 26.0 Å². The van der Waals surface area contributed by atoms with Crippen LogP contribution in [-0.2, 0) is 42.9 Å². The second kappa shape index (κ2) is 13.8.